The predicted molar refractivity (Wildman–Crippen MR) is 100 cm³/mol. The highest BCUT2D eigenvalue weighted by Crippen LogP contribution is 2.24. The number of halogens is 1. The molecule has 2 heterocycles. The molecule has 0 saturated heterocycles. The van der Waals surface area contributed by atoms with Gasteiger partial charge in [-0.15, -0.1) is 0 Å². The van der Waals surface area contributed by atoms with Crippen LogP contribution in [-0.4, -0.2) is 26.7 Å². The zero-order chi connectivity index (χ0) is 19.6. The molecule has 3 aromatic rings. The molecule has 0 spiro atoms. The Kier molecular flexibility index (Phi) is 5.28. The van der Waals surface area contributed by atoms with E-state index in [1.54, 1.807) is 36.7 Å². The van der Waals surface area contributed by atoms with Gasteiger partial charge in [-0.25, -0.2) is 4.98 Å². The van der Waals surface area contributed by atoms with E-state index in [1.807, 2.05) is 25.3 Å². The minimum Gasteiger partial charge on any atom is -0.445 e. The van der Waals surface area contributed by atoms with E-state index in [0.29, 0.717) is 34.5 Å². The Morgan fingerprint density at radius 2 is 2.19 bits per heavy atom. The van der Waals surface area contributed by atoms with Gasteiger partial charge in [-0.1, -0.05) is 17.7 Å². The number of aromatic nitrogens is 3. The molecule has 1 aromatic carbocycles. The number of carbonyl (C=O) groups is 1. The van der Waals surface area contributed by atoms with Crippen molar-refractivity contribution in [2.45, 2.75) is 33.4 Å². The first kappa shape index (κ1) is 18.7. The van der Waals surface area contributed by atoms with Crippen molar-refractivity contribution in [2.75, 3.05) is 0 Å². The van der Waals surface area contributed by atoms with Crippen LogP contribution in [0, 0.1) is 25.2 Å². The lowest BCUT2D eigenvalue weighted by Gasteiger charge is -2.13. The van der Waals surface area contributed by atoms with E-state index in [4.69, 9.17) is 21.3 Å². The summed E-state index contributed by atoms with van der Waals surface area (Å²) in [4.78, 5) is 16.4. The molecule has 0 saturated carbocycles. The molecular formula is C19H18ClN5O2. The Labute approximate surface area is 161 Å². The maximum absolute atomic E-state index is 12.3. The van der Waals surface area contributed by atoms with Gasteiger partial charge in [0.25, 0.3) is 5.91 Å². The summed E-state index contributed by atoms with van der Waals surface area (Å²) in [5.74, 6) is 0.683. The highest BCUT2D eigenvalue weighted by molar-refractivity contribution is 6.32. The first-order valence-corrected chi connectivity index (χ1v) is 8.73. The topological polar surface area (TPSA) is 96.7 Å². The molecule has 0 aliphatic rings. The number of carbonyl (C=O) groups excluding carboxylic acids is 1. The van der Waals surface area contributed by atoms with E-state index in [9.17, 15) is 4.79 Å². The number of hydrogen-bond donors (Lipinski definition) is 1. The van der Waals surface area contributed by atoms with Gasteiger partial charge in [0.1, 0.15) is 11.8 Å². The van der Waals surface area contributed by atoms with Crippen LogP contribution >= 0.6 is 11.6 Å². The molecule has 1 unspecified atom stereocenters. The third-order valence-corrected chi connectivity index (χ3v) is 4.30. The van der Waals surface area contributed by atoms with Crippen molar-refractivity contribution in [3.05, 3.63) is 58.4 Å². The molecule has 0 bridgehead atoms. The second-order valence-electron chi connectivity index (χ2n) is 6.24. The summed E-state index contributed by atoms with van der Waals surface area (Å²) in [5, 5.41) is 16.8. The van der Waals surface area contributed by atoms with E-state index in [-0.39, 0.29) is 11.9 Å². The van der Waals surface area contributed by atoms with Gasteiger partial charge in [-0.2, -0.15) is 10.4 Å². The highest BCUT2D eigenvalue weighted by atomic mass is 35.5. The molecule has 138 valence electrons. The molecular weight excluding hydrogens is 366 g/mol. The number of hydrogen-bond acceptors (Lipinski definition) is 5. The summed E-state index contributed by atoms with van der Waals surface area (Å²) in [5.41, 5.74) is 2.29. The zero-order valence-corrected chi connectivity index (χ0v) is 15.9. The van der Waals surface area contributed by atoms with E-state index < -0.39 is 0 Å². The van der Waals surface area contributed by atoms with Crippen molar-refractivity contribution in [2.24, 2.45) is 0 Å². The molecule has 1 N–H and O–H groups in total. The van der Waals surface area contributed by atoms with Crippen LogP contribution in [0.1, 0.15) is 34.6 Å². The van der Waals surface area contributed by atoms with Crippen LogP contribution in [0.3, 0.4) is 0 Å². The average Bonchev–Trinajstić information content (AvgIpc) is 3.20. The van der Waals surface area contributed by atoms with Crippen molar-refractivity contribution in [3.63, 3.8) is 0 Å². The summed E-state index contributed by atoms with van der Waals surface area (Å²) in [7, 11) is 0. The lowest BCUT2D eigenvalue weighted by molar-refractivity contribution is 0.0930. The van der Waals surface area contributed by atoms with Crippen molar-refractivity contribution >= 4 is 17.5 Å². The van der Waals surface area contributed by atoms with Gasteiger partial charge in [-0.3, -0.25) is 9.48 Å². The third kappa shape index (κ3) is 4.18. The summed E-state index contributed by atoms with van der Waals surface area (Å²) in [6.45, 7) is 5.79. The quantitative estimate of drug-likeness (QED) is 0.727. The minimum atomic E-state index is -0.275. The number of rotatable bonds is 5. The second-order valence-corrected chi connectivity index (χ2v) is 6.65. The number of nitrogens with one attached hydrogen (secondary N) is 1. The predicted octanol–water partition coefficient (Wildman–Crippen LogP) is 3.50. The Hall–Kier alpha value is -3.11. The summed E-state index contributed by atoms with van der Waals surface area (Å²) >= 11 is 6.08. The molecule has 0 aliphatic carbocycles. The average molecular weight is 384 g/mol. The van der Waals surface area contributed by atoms with E-state index in [2.05, 4.69) is 15.4 Å². The van der Waals surface area contributed by atoms with Gasteiger partial charge in [0.2, 0.25) is 0 Å². The van der Waals surface area contributed by atoms with Gasteiger partial charge in [0, 0.05) is 24.7 Å². The first-order valence-electron chi connectivity index (χ1n) is 8.35. The van der Waals surface area contributed by atoms with Crippen LogP contribution in [0.25, 0.3) is 11.3 Å². The van der Waals surface area contributed by atoms with Gasteiger partial charge in [0.05, 0.1) is 22.8 Å². The van der Waals surface area contributed by atoms with Crippen LogP contribution in [0.5, 0.6) is 0 Å². The molecule has 0 aliphatic heterocycles. The van der Waals surface area contributed by atoms with Gasteiger partial charge in [-0.05, 0) is 32.0 Å². The minimum absolute atomic E-state index is 0.161. The SMILES string of the molecule is Cc1nc(C(=O)NC(C)Cn2ccc(-c3ccc(C#N)c(Cl)c3)n2)c(C)o1. The van der Waals surface area contributed by atoms with Crippen molar-refractivity contribution in [3.8, 4) is 17.3 Å². The molecule has 1 atom stereocenters. The number of aryl methyl sites for hydroxylation is 2. The zero-order valence-electron chi connectivity index (χ0n) is 15.2. The van der Waals surface area contributed by atoms with Gasteiger partial charge in [0.15, 0.2) is 11.6 Å². The third-order valence-electron chi connectivity index (χ3n) is 3.98. The highest BCUT2D eigenvalue weighted by Gasteiger charge is 2.18. The molecule has 0 radical (unpaired) electrons. The van der Waals surface area contributed by atoms with Crippen LogP contribution in [0.15, 0.2) is 34.9 Å². The standard InChI is InChI=1S/C19H18ClN5O2/c1-11(22-19(26)18-12(2)27-13(3)23-18)10-25-7-6-17(24-25)14-4-5-15(9-21)16(20)8-14/h4-8,11H,10H2,1-3H3,(H,22,26). The maximum atomic E-state index is 12.3. The summed E-state index contributed by atoms with van der Waals surface area (Å²) in [6.07, 6.45) is 1.83. The van der Waals surface area contributed by atoms with Gasteiger partial charge < -0.3 is 9.73 Å². The fraction of sp³-hybridized carbons (Fsp3) is 0.263. The van der Waals surface area contributed by atoms with Crippen LogP contribution in [0.4, 0.5) is 0 Å². The maximum Gasteiger partial charge on any atom is 0.273 e. The Morgan fingerprint density at radius 3 is 2.81 bits per heavy atom. The monoisotopic (exact) mass is 383 g/mol. The molecule has 8 heteroatoms. The number of nitriles is 1. The molecule has 7 nitrogen and oxygen atoms in total. The Balaban J connectivity index is 1.67. The fourth-order valence-electron chi connectivity index (χ4n) is 2.74. The van der Waals surface area contributed by atoms with Crippen LogP contribution in [0.2, 0.25) is 5.02 Å². The molecule has 0 fully saturated rings. The van der Waals surface area contributed by atoms with Crippen molar-refractivity contribution < 1.29 is 9.21 Å². The summed E-state index contributed by atoms with van der Waals surface area (Å²) in [6, 6.07) is 8.92. The smallest absolute Gasteiger partial charge is 0.273 e. The molecule has 1 amide bonds. The van der Waals surface area contributed by atoms with E-state index in [0.717, 1.165) is 11.3 Å². The molecule has 27 heavy (non-hydrogen) atoms. The molecule has 2 aromatic heterocycles. The lowest BCUT2D eigenvalue weighted by atomic mass is 10.1. The normalized spacial score (nSPS) is 11.8. The summed E-state index contributed by atoms with van der Waals surface area (Å²) < 4.78 is 7.04. The Morgan fingerprint density at radius 1 is 1.41 bits per heavy atom. The Bertz CT molecular complexity index is 1030. The number of benzene rings is 1. The second kappa shape index (κ2) is 7.64. The molecule has 3 rings (SSSR count). The number of nitrogens with zero attached hydrogens (tertiary/aromatic N) is 4. The number of amides is 1. The first-order chi connectivity index (χ1) is 12.9. The van der Waals surface area contributed by atoms with E-state index >= 15 is 0 Å². The largest absolute Gasteiger partial charge is 0.445 e. The van der Waals surface area contributed by atoms with Crippen LogP contribution < -0.4 is 5.32 Å². The fourth-order valence-corrected chi connectivity index (χ4v) is 2.96. The van der Waals surface area contributed by atoms with E-state index in [1.165, 1.54) is 0 Å². The lowest BCUT2D eigenvalue weighted by Crippen LogP contribution is -2.36. The van der Waals surface area contributed by atoms with Crippen LogP contribution in [-0.2, 0) is 6.54 Å². The van der Waals surface area contributed by atoms with Crippen molar-refractivity contribution in [1.29, 1.82) is 5.26 Å². The van der Waals surface area contributed by atoms with Gasteiger partial charge >= 0.3 is 0 Å². The number of oxazole rings is 1. The van der Waals surface area contributed by atoms with Crippen molar-refractivity contribution in [1.82, 2.24) is 20.1 Å².